The van der Waals surface area contributed by atoms with Gasteiger partial charge in [0.25, 0.3) is 5.56 Å². The van der Waals surface area contributed by atoms with Gasteiger partial charge in [-0.3, -0.25) is 14.2 Å². The van der Waals surface area contributed by atoms with E-state index in [9.17, 15) is 9.59 Å². The average Bonchev–Trinajstić information content (AvgIpc) is 3.34. The van der Waals surface area contributed by atoms with Gasteiger partial charge in [0.1, 0.15) is 5.39 Å². The molecule has 1 aliphatic heterocycles. The van der Waals surface area contributed by atoms with Crippen molar-refractivity contribution in [3.05, 3.63) is 76.2 Å². The van der Waals surface area contributed by atoms with Gasteiger partial charge < -0.3 is 5.32 Å². The fourth-order valence-corrected chi connectivity index (χ4v) is 4.76. The van der Waals surface area contributed by atoms with Gasteiger partial charge in [0.2, 0.25) is 5.91 Å². The van der Waals surface area contributed by atoms with Crippen molar-refractivity contribution >= 4 is 46.0 Å². The molecule has 3 heterocycles. The van der Waals surface area contributed by atoms with Crippen LogP contribution in [0.5, 0.6) is 0 Å². The zero-order chi connectivity index (χ0) is 20.7. The lowest BCUT2D eigenvalue weighted by molar-refractivity contribution is -0.116. The normalized spacial score (nSPS) is 15.3. The van der Waals surface area contributed by atoms with E-state index < -0.39 is 0 Å². The van der Waals surface area contributed by atoms with Crippen LogP contribution in [0, 0.1) is 0 Å². The fraction of sp³-hybridized carbons (Fsp3) is 0.143. The quantitative estimate of drug-likeness (QED) is 0.489. The predicted octanol–water partition coefficient (Wildman–Crippen LogP) is 3.91. The summed E-state index contributed by atoms with van der Waals surface area (Å²) in [5.74, 6) is 0.481. The Morgan fingerprint density at radius 3 is 2.70 bits per heavy atom. The zero-order valence-corrected chi connectivity index (χ0v) is 17.2. The molecule has 150 valence electrons. The minimum absolute atomic E-state index is 0.136. The molecule has 2 aromatic carbocycles. The van der Waals surface area contributed by atoms with E-state index >= 15 is 0 Å². The summed E-state index contributed by atoms with van der Waals surface area (Å²) in [4.78, 5) is 30.3. The molecule has 1 aliphatic rings. The molecule has 1 unspecified atom stereocenters. The fourth-order valence-electron chi connectivity index (χ4n) is 3.50. The van der Waals surface area contributed by atoms with Crippen LogP contribution in [0.2, 0.25) is 5.02 Å². The molecular formula is C21H16ClN5O2S. The number of hydrogen-bond acceptors (Lipinski definition) is 5. The molecule has 0 bridgehead atoms. The number of carbonyl (C=O) groups excluding carboxylic acids is 1. The molecule has 0 spiro atoms. The number of nitrogens with one attached hydrogen (secondary N) is 1. The summed E-state index contributed by atoms with van der Waals surface area (Å²) in [5.41, 5.74) is 1.82. The molecule has 1 atom stereocenters. The van der Waals surface area contributed by atoms with Gasteiger partial charge in [-0.15, -0.1) is 0 Å². The van der Waals surface area contributed by atoms with Crippen molar-refractivity contribution in [1.29, 1.82) is 0 Å². The minimum Gasteiger partial charge on any atom is -0.326 e. The molecule has 7 nitrogen and oxygen atoms in total. The Bertz CT molecular complexity index is 1300. The summed E-state index contributed by atoms with van der Waals surface area (Å²) in [5, 5.41) is 8.86. The van der Waals surface area contributed by atoms with E-state index in [0.29, 0.717) is 27.0 Å². The van der Waals surface area contributed by atoms with Crippen molar-refractivity contribution in [2.75, 3.05) is 11.1 Å². The number of aromatic nitrogens is 4. The second kappa shape index (κ2) is 7.62. The summed E-state index contributed by atoms with van der Waals surface area (Å²) in [6.07, 6.45) is 1.73. The third-order valence-electron chi connectivity index (χ3n) is 4.92. The Balaban J connectivity index is 1.46. The number of rotatable bonds is 4. The van der Waals surface area contributed by atoms with Crippen LogP contribution >= 0.6 is 23.4 Å². The molecule has 2 aromatic heterocycles. The van der Waals surface area contributed by atoms with Crippen molar-refractivity contribution in [1.82, 2.24) is 19.3 Å². The van der Waals surface area contributed by atoms with Gasteiger partial charge in [0, 0.05) is 22.9 Å². The lowest BCUT2D eigenvalue weighted by atomic mass is 10.2. The first-order chi connectivity index (χ1) is 14.6. The second-order valence-electron chi connectivity index (χ2n) is 6.92. The van der Waals surface area contributed by atoms with E-state index in [1.807, 2.05) is 42.5 Å². The molecule has 30 heavy (non-hydrogen) atoms. The smallest absolute Gasteiger partial charge is 0.265 e. The summed E-state index contributed by atoms with van der Waals surface area (Å²) >= 11 is 7.44. The van der Waals surface area contributed by atoms with Gasteiger partial charge in [-0.1, -0.05) is 41.6 Å². The van der Waals surface area contributed by atoms with Gasteiger partial charge in [-0.05, 0) is 36.4 Å². The van der Waals surface area contributed by atoms with E-state index in [1.54, 1.807) is 21.4 Å². The van der Waals surface area contributed by atoms with E-state index in [4.69, 9.17) is 11.6 Å². The Morgan fingerprint density at radius 1 is 1.17 bits per heavy atom. The molecule has 5 rings (SSSR count). The highest BCUT2D eigenvalue weighted by molar-refractivity contribution is 7.99. The standard InChI is InChI=1S/C21H16ClN5O2S/c22-13-6-8-15(9-7-13)27-19-17(11-23-27)20(29)26-16(12-30-21(26)25-19)10-18(28)24-14-4-2-1-3-5-14/h1-9,11,16H,10,12H2,(H,24,28). The molecule has 9 heteroatoms. The van der Waals surface area contributed by atoms with Crippen LogP contribution in [0.1, 0.15) is 12.5 Å². The van der Waals surface area contributed by atoms with Crippen LogP contribution in [0.4, 0.5) is 5.69 Å². The lowest BCUT2D eigenvalue weighted by Gasteiger charge is -2.13. The Kier molecular flexibility index (Phi) is 4.80. The van der Waals surface area contributed by atoms with Crippen molar-refractivity contribution < 1.29 is 4.79 Å². The van der Waals surface area contributed by atoms with Crippen LogP contribution in [0.15, 0.2) is 70.7 Å². The van der Waals surface area contributed by atoms with Gasteiger partial charge >= 0.3 is 0 Å². The number of halogens is 1. The Labute approximate surface area is 180 Å². The highest BCUT2D eigenvalue weighted by Gasteiger charge is 2.29. The SMILES string of the molecule is O=C(CC1CSc2nc3c(cnn3-c3ccc(Cl)cc3)c(=O)n21)Nc1ccccc1. The molecule has 0 saturated carbocycles. The largest absolute Gasteiger partial charge is 0.326 e. The third-order valence-corrected chi connectivity index (χ3v) is 6.27. The van der Waals surface area contributed by atoms with Gasteiger partial charge in [0.15, 0.2) is 10.8 Å². The van der Waals surface area contributed by atoms with E-state index in [-0.39, 0.29) is 23.9 Å². The van der Waals surface area contributed by atoms with Crippen LogP contribution in [0.25, 0.3) is 16.7 Å². The number of fused-ring (bicyclic) bond motifs is 2. The van der Waals surface area contributed by atoms with Crippen molar-refractivity contribution in [2.45, 2.75) is 17.6 Å². The number of para-hydroxylation sites is 1. The first-order valence-electron chi connectivity index (χ1n) is 9.34. The van der Waals surface area contributed by atoms with Gasteiger partial charge in [-0.25, -0.2) is 9.67 Å². The zero-order valence-electron chi connectivity index (χ0n) is 15.7. The number of benzene rings is 2. The Hall–Kier alpha value is -3.10. The molecule has 0 fully saturated rings. The minimum atomic E-state index is -0.253. The van der Waals surface area contributed by atoms with Crippen molar-refractivity contribution in [2.24, 2.45) is 0 Å². The van der Waals surface area contributed by atoms with E-state index in [0.717, 1.165) is 11.4 Å². The van der Waals surface area contributed by atoms with Crippen LogP contribution in [-0.2, 0) is 4.79 Å². The second-order valence-corrected chi connectivity index (χ2v) is 8.35. The summed E-state index contributed by atoms with van der Waals surface area (Å²) in [6.45, 7) is 0. The van der Waals surface area contributed by atoms with Gasteiger partial charge in [-0.2, -0.15) is 5.10 Å². The topological polar surface area (TPSA) is 81.8 Å². The van der Waals surface area contributed by atoms with E-state index in [2.05, 4.69) is 15.4 Å². The lowest BCUT2D eigenvalue weighted by Crippen LogP contribution is -2.27. The molecule has 0 aliphatic carbocycles. The number of hydrogen-bond donors (Lipinski definition) is 1. The Morgan fingerprint density at radius 2 is 1.93 bits per heavy atom. The number of thioether (sulfide) groups is 1. The summed E-state index contributed by atoms with van der Waals surface area (Å²) in [6, 6.07) is 16.2. The van der Waals surface area contributed by atoms with Gasteiger partial charge in [0.05, 0.1) is 17.9 Å². The summed E-state index contributed by atoms with van der Waals surface area (Å²) in [7, 11) is 0. The summed E-state index contributed by atoms with van der Waals surface area (Å²) < 4.78 is 3.25. The molecule has 0 radical (unpaired) electrons. The molecule has 1 amide bonds. The van der Waals surface area contributed by atoms with Crippen molar-refractivity contribution in [3.8, 4) is 5.69 Å². The van der Waals surface area contributed by atoms with Crippen LogP contribution in [-0.4, -0.2) is 31.0 Å². The number of nitrogens with zero attached hydrogens (tertiary/aromatic N) is 4. The van der Waals surface area contributed by atoms with E-state index in [1.165, 1.54) is 18.0 Å². The first kappa shape index (κ1) is 18.9. The number of carbonyl (C=O) groups is 1. The molecule has 1 N–H and O–H groups in total. The maximum Gasteiger partial charge on any atom is 0.265 e. The molecular weight excluding hydrogens is 422 g/mol. The predicted molar refractivity (Wildman–Crippen MR) is 118 cm³/mol. The number of anilines is 1. The van der Waals surface area contributed by atoms with Crippen LogP contribution < -0.4 is 10.9 Å². The monoisotopic (exact) mass is 437 g/mol. The maximum absolute atomic E-state index is 13.2. The molecule has 0 saturated heterocycles. The highest BCUT2D eigenvalue weighted by atomic mass is 35.5. The molecule has 4 aromatic rings. The maximum atomic E-state index is 13.2. The number of amides is 1. The third kappa shape index (κ3) is 3.38. The average molecular weight is 438 g/mol. The van der Waals surface area contributed by atoms with Crippen LogP contribution in [0.3, 0.4) is 0 Å². The highest BCUT2D eigenvalue weighted by Crippen LogP contribution is 2.33. The first-order valence-corrected chi connectivity index (χ1v) is 10.7. The van der Waals surface area contributed by atoms with Crippen molar-refractivity contribution in [3.63, 3.8) is 0 Å².